The Hall–Kier alpha value is -1.06. The van der Waals surface area contributed by atoms with Crippen molar-refractivity contribution in [1.29, 1.82) is 0 Å². The van der Waals surface area contributed by atoms with Gasteiger partial charge >= 0.3 is 11.9 Å². The van der Waals surface area contributed by atoms with Crippen molar-refractivity contribution in [3.63, 3.8) is 0 Å². The van der Waals surface area contributed by atoms with Crippen LogP contribution in [0.15, 0.2) is 0 Å². The molecule has 0 aliphatic rings. The van der Waals surface area contributed by atoms with E-state index in [1.54, 1.807) is 27.7 Å². The maximum Gasteiger partial charge on any atom is 0.324 e. The van der Waals surface area contributed by atoms with E-state index in [2.05, 4.69) is 6.92 Å². The van der Waals surface area contributed by atoms with Crippen molar-refractivity contribution in [2.45, 2.75) is 66.9 Å². The van der Waals surface area contributed by atoms with Crippen molar-refractivity contribution >= 4 is 11.9 Å². The lowest BCUT2D eigenvalue weighted by molar-refractivity contribution is -0.180. The van der Waals surface area contributed by atoms with Gasteiger partial charge in [-0.3, -0.25) is 9.59 Å². The third-order valence-electron chi connectivity index (χ3n) is 3.79. The second-order valence-electron chi connectivity index (χ2n) is 5.84. The van der Waals surface area contributed by atoms with Gasteiger partial charge in [-0.15, -0.1) is 0 Å². The topological polar surface area (TPSA) is 63.6 Å². The fourth-order valence-electron chi connectivity index (χ4n) is 2.55. The molecule has 19 heavy (non-hydrogen) atoms. The van der Waals surface area contributed by atoms with Crippen molar-refractivity contribution in [1.82, 2.24) is 0 Å². The van der Waals surface area contributed by atoms with E-state index in [0.29, 0.717) is 0 Å². The molecule has 0 aliphatic heterocycles. The van der Waals surface area contributed by atoms with E-state index in [4.69, 9.17) is 4.74 Å². The molecule has 4 heteroatoms. The van der Waals surface area contributed by atoms with Gasteiger partial charge in [0.2, 0.25) is 0 Å². The van der Waals surface area contributed by atoms with Gasteiger partial charge in [0, 0.05) is 0 Å². The van der Waals surface area contributed by atoms with E-state index in [-0.39, 0.29) is 17.9 Å². The van der Waals surface area contributed by atoms with Gasteiger partial charge < -0.3 is 9.84 Å². The normalized spacial score (nSPS) is 13.7. The Bertz CT molecular complexity index is 299. The van der Waals surface area contributed by atoms with Crippen LogP contribution in [-0.4, -0.2) is 23.1 Å². The van der Waals surface area contributed by atoms with Crippen LogP contribution in [0.2, 0.25) is 0 Å². The fraction of sp³-hybridized carbons (Fsp3) is 0.867. The molecule has 1 atom stereocenters. The summed E-state index contributed by atoms with van der Waals surface area (Å²) < 4.78 is 5.38. The minimum atomic E-state index is -1.46. The van der Waals surface area contributed by atoms with E-state index in [0.717, 1.165) is 19.3 Å². The van der Waals surface area contributed by atoms with Crippen LogP contribution in [-0.2, 0) is 14.3 Å². The van der Waals surface area contributed by atoms with Gasteiger partial charge in [-0.05, 0) is 25.2 Å². The average Bonchev–Trinajstić information content (AvgIpc) is 2.25. The zero-order valence-corrected chi connectivity index (χ0v) is 13.0. The molecular weight excluding hydrogens is 244 g/mol. The zero-order chi connectivity index (χ0) is 15.2. The summed E-state index contributed by atoms with van der Waals surface area (Å²) in [5.74, 6) is -2.31. The van der Waals surface area contributed by atoms with Crippen molar-refractivity contribution in [2.75, 3.05) is 0 Å². The van der Waals surface area contributed by atoms with E-state index < -0.39 is 17.4 Å². The van der Waals surface area contributed by atoms with Gasteiger partial charge in [0.25, 0.3) is 0 Å². The van der Waals surface area contributed by atoms with Crippen LogP contribution in [0.4, 0.5) is 0 Å². The monoisotopic (exact) mass is 272 g/mol. The molecule has 0 radical (unpaired) electrons. The SMILES string of the molecule is CCCCC(C)OC(=O)C(C(=O)O)(C(C)C)C(C)C. The first-order valence-electron chi connectivity index (χ1n) is 7.15. The minimum Gasteiger partial charge on any atom is -0.480 e. The van der Waals surface area contributed by atoms with Crippen LogP contribution in [0.3, 0.4) is 0 Å². The zero-order valence-electron chi connectivity index (χ0n) is 13.0. The number of hydrogen-bond donors (Lipinski definition) is 1. The quantitative estimate of drug-likeness (QED) is 0.542. The van der Waals surface area contributed by atoms with E-state index in [9.17, 15) is 14.7 Å². The summed E-state index contributed by atoms with van der Waals surface area (Å²) in [6.45, 7) is 10.9. The first-order chi connectivity index (χ1) is 8.71. The highest BCUT2D eigenvalue weighted by molar-refractivity contribution is 5.99. The highest BCUT2D eigenvalue weighted by Gasteiger charge is 2.53. The van der Waals surface area contributed by atoms with Crippen molar-refractivity contribution < 1.29 is 19.4 Å². The molecule has 0 spiro atoms. The number of ether oxygens (including phenoxy) is 1. The number of carbonyl (C=O) groups is 2. The molecule has 1 N–H and O–H groups in total. The molecule has 4 nitrogen and oxygen atoms in total. The third kappa shape index (κ3) is 3.95. The van der Waals surface area contributed by atoms with Crippen LogP contribution in [0.25, 0.3) is 0 Å². The summed E-state index contributed by atoms with van der Waals surface area (Å²) in [5, 5.41) is 9.52. The molecule has 0 saturated heterocycles. The lowest BCUT2D eigenvalue weighted by Crippen LogP contribution is -2.49. The molecule has 0 bridgehead atoms. The Kier molecular flexibility index (Phi) is 7.09. The van der Waals surface area contributed by atoms with E-state index in [1.807, 2.05) is 6.92 Å². The van der Waals surface area contributed by atoms with Gasteiger partial charge in [0.1, 0.15) is 0 Å². The molecule has 0 fully saturated rings. The summed E-state index contributed by atoms with van der Waals surface area (Å²) in [6.07, 6.45) is 2.54. The van der Waals surface area contributed by atoms with Crippen LogP contribution in [0, 0.1) is 17.3 Å². The molecule has 0 amide bonds. The fourth-order valence-corrected chi connectivity index (χ4v) is 2.55. The third-order valence-corrected chi connectivity index (χ3v) is 3.79. The van der Waals surface area contributed by atoms with Gasteiger partial charge in [0.05, 0.1) is 6.10 Å². The predicted molar refractivity (Wildman–Crippen MR) is 74.8 cm³/mol. The summed E-state index contributed by atoms with van der Waals surface area (Å²) >= 11 is 0. The highest BCUT2D eigenvalue weighted by Crippen LogP contribution is 2.38. The first-order valence-corrected chi connectivity index (χ1v) is 7.15. The van der Waals surface area contributed by atoms with Crippen LogP contribution < -0.4 is 0 Å². The summed E-state index contributed by atoms with van der Waals surface area (Å²) in [4.78, 5) is 24.0. The smallest absolute Gasteiger partial charge is 0.324 e. The number of aliphatic carboxylic acids is 1. The number of hydrogen-bond acceptors (Lipinski definition) is 3. The summed E-state index contributed by atoms with van der Waals surface area (Å²) in [5.41, 5.74) is -1.46. The molecular formula is C15H28O4. The van der Waals surface area contributed by atoms with Gasteiger partial charge in [-0.2, -0.15) is 0 Å². The molecule has 0 saturated carbocycles. The van der Waals surface area contributed by atoms with Gasteiger partial charge in [0.15, 0.2) is 5.41 Å². The lowest BCUT2D eigenvalue weighted by atomic mass is 9.69. The molecule has 1 unspecified atom stereocenters. The van der Waals surface area contributed by atoms with Crippen LogP contribution in [0.1, 0.15) is 60.8 Å². The standard InChI is InChI=1S/C15H28O4/c1-7-8-9-12(6)19-14(18)15(10(2)3,11(4)5)13(16)17/h10-12H,7-9H2,1-6H3,(H,16,17). The molecule has 0 aromatic rings. The first kappa shape index (κ1) is 17.9. The maximum atomic E-state index is 12.4. The second-order valence-corrected chi connectivity index (χ2v) is 5.84. The van der Waals surface area contributed by atoms with Crippen LogP contribution >= 0.6 is 0 Å². The number of carbonyl (C=O) groups excluding carboxylic acids is 1. The van der Waals surface area contributed by atoms with E-state index in [1.165, 1.54) is 0 Å². The Balaban J connectivity index is 5.08. The average molecular weight is 272 g/mol. The maximum absolute atomic E-state index is 12.4. The Labute approximate surface area is 116 Å². The lowest BCUT2D eigenvalue weighted by Gasteiger charge is -2.35. The Morgan fingerprint density at radius 3 is 1.89 bits per heavy atom. The highest BCUT2D eigenvalue weighted by atomic mass is 16.5. The van der Waals surface area contributed by atoms with Crippen LogP contribution in [0.5, 0.6) is 0 Å². The number of esters is 1. The molecule has 0 rings (SSSR count). The molecule has 0 aromatic heterocycles. The number of carboxylic acids is 1. The number of rotatable bonds is 8. The van der Waals surface area contributed by atoms with Crippen molar-refractivity contribution in [3.8, 4) is 0 Å². The number of carboxylic acid groups (broad SMARTS) is 1. The van der Waals surface area contributed by atoms with Crippen molar-refractivity contribution in [3.05, 3.63) is 0 Å². The molecule has 0 heterocycles. The number of unbranched alkanes of at least 4 members (excludes halogenated alkanes) is 1. The summed E-state index contributed by atoms with van der Waals surface area (Å²) in [7, 11) is 0. The Morgan fingerprint density at radius 2 is 1.58 bits per heavy atom. The van der Waals surface area contributed by atoms with E-state index >= 15 is 0 Å². The largest absolute Gasteiger partial charge is 0.480 e. The van der Waals surface area contributed by atoms with Gasteiger partial charge in [-0.1, -0.05) is 47.5 Å². The Morgan fingerprint density at radius 1 is 1.11 bits per heavy atom. The van der Waals surface area contributed by atoms with Gasteiger partial charge in [-0.25, -0.2) is 0 Å². The predicted octanol–water partition coefficient (Wildman–Crippen LogP) is 3.49. The molecule has 0 aromatic carbocycles. The molecule has 112 valence electrons. The van der Waals surface area contributed by atoms with Crippen molar-refractivity contribution in [2.24, 2.45) is 17.3 Å². The minimum absolute atomic E-state index is 0.233. The second kappa shape index (κ2) is 7.51. The summed E-state index contributed by atoms with van der Waals surface area (Å²) in [6, 6.07) is 0. The molecule has 0 aliphatic carbocycles.